The summed E-state index contributed by atoms with van der Waals surface area (Å²) in [5.74, 6) is 0. The van der Waals surface area contributed by atoms with Crippen molar-refractivity contribution in [1.29, 1.82) is 0 Å². The van der Waals surface area contributed by atoms with Crippen LogP contribution in [0.1, 0.15) is 28.3 Å². The topological polar surface area (TPSA) is 8.17 Å². The Hall–Kier alpha value is -6.12. The first-order valence-electron chi connectivity index (χ1n) is 17.5. The molecule has 0 fully saturated rings. The van der Waals surface area contributed by atoms with Gasteiger partial charge in [-0.25, -0.2) is 0 Å². The van der Waals surface area contributed by atoms with Crippen LogP contribution in [0.5, 0.6) is 0 Å². The van der Waals surface area contributed by atoms with Crippen molar-refractivity contribution in [3.63, 3.8) is 0 Å². The highest BCUT2D eigenvalue weighted by atomic mass is 15.2. The van der Waals surface area contributed by atoms with E-state index in [0.29, 0.717) is 0 Å². The molecule has 0 N–H and O–H groups in total. The van der Waals surface area contributed by atoms with Crippen LogP contribution in [0.4, 0.5) is 11.4 Å². The van der Waals surface area contributed by atoms with Crippen LogP contribution in [-0.2, 0) is 6.42 Å². The Bertz CT molecular complexity index is 2450. The normalized spacial score (nSPS) is 13.9. The van der Waals surface area contributed by atoms with Gasteiger partial charge in [0, 0.05) is 22.4 Å². The van der Waals surface area contributed by atoms with Crippen LogP contribution >= 0.6 is 0 Å². The van der Waals surface area contributed by atoms with E-state index in [1.54, 1.807) is 0 Å². The van der Waals surface area contributed by atoms with E-state index in [-0.39, 0.29) is 6.04 Å². The highest BCUT2D eigenvalue weighted by molar-refractivity contribution is 5.94. The van der Waals surface area contributed by atoms with E-state index in [2.05, 4.69) is 199 Å². The van der Waals surface area contributed by atoms with E-state index in [1.165, 1.54) is 78.0 Å². The molecule has 1 aliphatic heterocycles. The quantitative estimate of drug-likeness (QED) is 0.175. The zero-order valence-corrected chi connectivity index (χ0v) is 28.4. The molecule has 2 heterocycles. The summed E-state index contributed by atoms with van der Waals surface area (Å²) in [5.41, 5.74) is 17.6. The van der Waals surface area contributed by atoms with Gasteiger partial charge in [0.05, 0.1) is 17.3 Å². The number of hydrogen-bond donors (Lipinski definition) is 0. The molecule has 0 bridgehead atoms. The van der Waals surface area contributed by atoms with Crippen molar-refractivity contribution in [2.24, 2.45) is 0 Å². The number of fused-ring (bicyclic) bond motifs is 2. The molecule has 50 heavy (non-hydrogen) atoms. The molecule has 1 aromatic heterocycles. The molecular formula is C48H38N2. The smallest absolute Gasteiger partial charge is 0.0632 e. The lowest BCUT2D eigenvalue weighted by Gasteiger charge is -2.28. The number of hydrogen-bond acceptors (Lipinski definition) is 1. The van der Waals surface area contributed by atoms with Crippen molar-refractivity contribution in [2.75, 3.05) is 4.90 Å². The second-order valence-corrected chi connectivity index (χ2v) is 13.5. The Labute approximate surface area is 294 Å². The van der Waals surface area contributed by atoms with E-state index < -0.39 is 0 Å². The van der Waals surface area contributed by atoms with Crippen LogP contribution in [0, 0.1) is 13.8 Å². The molecule has 7 aromatic carbocycles. The number of aryl methyl sites for hydroxylation is 2. The molecule has 2 nitrogen and oxygen atoms in total. The zero-order chi connectivity index (χ0) is 33.6. The Morgan fingerprint density at radius 2 is 1.02 bits per heavy atom. The van der Waals surface area contributed by atoms with Crippen molar-refractivity contribution in [1.82, 2.24) is 4.57 Å². The molecule has 0 spiro atoms. The first-order valence-corrected chi connectivity index (χ1v) is 17.5. The second kappa shape index (κ2) is 12.4. The molecule has 9 rings (SSSR count). The molecule has 8 aromatic rings. The third-order valence-corrected chi connectivity index (χ3v) is 10.4. The Kier molecular flexibility index (Phi) is 7.43. The minimum Gasteiger partial charge on any atom is -0.333 e. The molecule has 0 aliphatic carbocycles. The fourth-order valence-electron chi connectivity index (χ4n) is 7.89. The fraction of sp³-hybridized carbons (Fsp3) is 0.0833. The average molecular weight is 643 g/mol. The number of nitrogens with zero attached hydrogens (tertiary/aromatic N) is 2. The van der Waals surface area contributed by atoms with Gasteiger partial charge in [0.15, 0.2) is 0 Å². The van der Waals surface area contributed by atoms with E-state index in [0.717, 1.165) is 12.1 Å². The van der Waals surface area contributed by atoms with Gasteiger partial charge in [-0.15, -0.1) is 0 Å². The van der Waals surface area contributed by atoms with Gasteiger partial charge in [-0.3, -0.25) is 0 Å². The third-order valence-electron chi connectivity index (χ3n) is 10.4. The van der Waals surface area contributed by atoms with E-state index in [1.807, 2.05) is 0 Å². The number of aromatic nitrogens is 1. The lowest BCUT2D eigenvalue weighted by Crippen LogP contribution is -2.19. The summed E-state index contributed by atoms with van der Waals surface area (Å²) in [7, 11) is 0. The number of anilines is 2. The van der Waals surface area contributed by atoms with Gasteiger partial charge < -0.3 is 9.47 Å². The largest absolute Gasteiger partial charge is 0.333 e. The summed E-state index contributed by atoms with van der Waals surface area (Å²) in [6.45, 7) is 4.37. The second-order valence-electron chi connectivity index (χ2n) is 13.5. The van der Waals surface area contributed by atoms with E-state index in [9.17, 15) is 0 Å². The Morgan fingerprint density at radius 1 is 0.480 bits per heavy atom. The van der Waals surface area contributed by atoms with Crippen molar-refractivity contribution in [3.8, 4) is 39.2 Å². The van der Waals surface area contributed by atoms with Gasteiger partial charge in [-0.05, 0) is 113 Å². The van der Waals surface area contributed by atoms with Crippen molar-refractivity contribution < 1.29 is 0 Å². The van der Waals surface area contributed by atoms with Crippen LogP contribution in [0.25, 0.3) is 50.1 Å². The lowest BCUT2D eigenvalue weighted by atomic mass is 9.99. The molecule has 1 atom stereocenters. The van der Waals surface area contributed by atoms with Gasteiger partial charge in [0.25, 0.3) is 0 Å². The number of rotatable bonds is 6. The van der Waals surface area contributed by atoms with Crippen LogP contribution in [-0.4, -0.2) is 4.57 Å². The maximum absolute atomic E-state index is 2.56. The summed E-state index contributed by atoms with van der Waals surface area (Å²) >= 11 is 0. The molecule has 2 heteroatoms. The molecule has 0 saturated heterocycles. The zero-order valence-electron chi connectivity index (χ0n) is 28.4. The van der Waals surface area contributed by atoms with Crippen molar-refractivity contribution in [3.05, 3.63) is 198 Å². The molecule has 240 valence electrons. The standard InChI is InChI=1S/C48H38N2/c1-33-13-9-11-19-43(33)35-21-25-41(26-22-35)49-45(37-15-5-3-6-16-37)29-39-32-48-40(31-47(39)49)30-46(38-17-7-4-8-18-38)50(48)42-27-23-36(24-28-42)44-20-12-10-14-34(44)2/h3-29,31-32,46H,30H2,1-2H3. The molecule has 1 unspecified atom stereocenters. The van der Waals surface area contributed by atoms with Gasteiger partial charge in [0.2, 0.25) is 0 Å². The summed E-state index contributed by atoms with van der Waals surface area (Å²) < 4.78 is 2.45. The van der Waals surface area contributed by atoms with Crippen LogP contribution in [0.2, 0.25) is 0 Å². The van der Waals surface area contributed by atoms with Crippen LogP contribution in [0.3, 0.4) is 0 Å². The maximum Gasteiger partial charge on any atom is 0.0632 e. The highest BCUT2D eigenvalue weighted by Gasteiger charge is 2.33. The Morgan fingerprint density at radius 3 is 1.62 bits per heavy atom. The van der Waals surface area contributed by atoms with E-state index in [4.69, 9.17) is 0 Å². The fourth-order valence-corrected chi connectivity index (χ4v) is 7.89. The van der Waals surface area contributed by atoms with Gasteiger partial charge in [0.1, 0.15) is 0 Å². The van der Waals surface area contributed by atoms with E-state index >= 15 is 0 Å². The van der Waals surface area contributed by atoms with Crippen molar-refractivity contribution in [2.45, 2.75) is 26.3 Å². The number of benzene rings is 7. The van der Waals surface area contributed by atoms with Crippen LogP contribution in [0.15, 0.2) is 176 Å². The first kappa shape index (κ1) is 30.0. The minimum absolute atomic E-state index is 0.206. The average Bonchev–Trinajstić information content (AvgIpc) is 3.73. The summed E-state index contributed by atoms with van der Waals surface area (Å²) in [6.07, 6.45) is 0.937. The molecular weight excluding hydrogens is 605 g/mol. The predicted molar refractivity (Wildman–Crippen MR) is 211 cm³/mol. The lowest BCUT2D eigenvalue weighted by molar-refractivity contribution is 0.743. The molecule has 0 amide bonds. The molecule has 0 saturated carbocycles. The summed E-state index contributed by atoms with van der Waals surface area (Å²) in [4.78, 5) is 2.56. The minimum atomic E-state index is 0.206. The SMILES string of the molecule is Cc1ccccc1-c1ccc(N2c3cc4cc(-c5ccccc5)n(-c5ccc(-c6ccccc6C)cc5)c4cc3CC2c2ccccc2)cc1. The highest BCUT2D eigenvalue weighted by Crippen LogP contribution is 2.48. The first-order chi connectivity index (χ1) is 24.6. The van der Waals surface area contributed by atoms with Gasteiger partial charge in [-0.1, -0.05) is 133 Å². The van der Waals surface area contributed by atoms with Crippen LogP contribution < -0.4 is 4.90 Å². The maximum atomic E-state index is 2.56. The predicted octanol–water partition coefficient (Wildman–Crippen LogP) is 12.7. The van der Waals surface area contributed by atoms with Gasteiger partial charge in [-0.2, -0.15) is 0 Å². The summed E-state index contributed by atoms with van der Waals surface area (Å²) in [5, 5.41) is 1.24. The molecule has 0 radical (unpaired) electrons. The third kappa shape index (κ3) is 5.21. The Balaban J connectivity index is 1.19. The van der Waals surface area contributed by atoms with Gasteiger partial charge >= 0.3 is 0 Å². The summed E-state index contributed by atoms with van der Waals surface area (Å²) in [6, 6.07) is 64.7. The molecule has 1 aliphatic rings. The monoisotopic (exact) mass is 642 g/mol. The van der Waals surface area contributed by atoms with Crippen molar-refractivity contribution >= 4 is 22.3 Å².